The highest BCUT2D eigenvalue weighted by Crippen LogP contribution is 2.43. The first-order valence-corrected chi connectivity index (χ1v) is 8.48. The molecule has 0 saturated carbocycles. The van der Waals surface area contributed by atoms with E-state index in [0.717, 1.165) is 11.1 Å². The first kappa shape index (κ1) is 18.7. The lowest BCUT2D eigenvalue weighted by atomic mass is 9.67. The van der Waals surface area contributed by atoms with Gasteiger partial charge in [0, 0.05) is 12.2 Å². The summed E-state index contributed by atoms with van der Waals surface area (Å²) >= 11 is 0. The molecule has 0 spiro atoms. The van der Waals surface area contributed by atoms with E-state index in [0.29, 0.717) is 6.42 Å². The van der Waals surface area contributed by atoms with Crippen LogP contribution in [0.1, 0.15) is 53.5 Å². The molecule has 1 atom stereocenters. The van der Waals surface area contributed by atoms with Crippen LogP contribution in [0.4, 0.5) is 0 Å². The number of carbonyl (C=O) groups is 1. The molecule has 1 aliphatic rings. The quantitative estimate of drug-likeness (QED) is 0.454. The highest BCUT2D eigenvalue weighted by molar-refractivity contribution is 6.50. The first-order chi connectivity index (χ1) is 11.2. The molecule has 1 aliphatic heterocycles. The van der Waals surface area contributed by atoms with Gasteiger partial charge in [-0.25, -0.2) is 0 Å². The minimum absolute atomic E-state index is 0.0851. The normalized spacial score (nSPS) is 20.8. The Bertz CT molecular complexity index is 591. The van der Waals surface area contributed by atoms with Crippen LogP contribution in [0.3, 0.4) is 0 Å². The maximum absolute atomic E-state index is 11.6. The van der Waals surface area contributed by atoms with Crippen LogP contribution in [0.2, 0.25) is 5.82 Å². The molecule has 4 nitrogen and oxygen atoms in total. The van der Waals surface area contributed by atoms with Crippen molar-refractivity contribution in [2.24, 2.45) is 0 Å². The lowest BCUT2D eigenvalue weighted by Crippen LogP contribution is -2.41. The van der Waals surface area contributed by atoms with E-state index in [2.05, 4.69) is 0 Å². The van der Waals surface area contributed by atoms with Gasteiger partial charge in [-0.15, -0.1) is 0 Å². The predicted molar refractivity (Wildman–Crippen MR) is 96.3 cm³/mol. The Balaban J connectivity index is 2.29. The van der Waals surface area contributed by atoms with Gasteiger partial charge in [0.15, 0.2) is 0 Å². The second-order valence-electron chi connectivity index (χ2n) is 7.20. The molecular formula is C19H27BO4. The molecule has 1 fully saturated rings. The van der Waals surface area contributed by atoms with E-state index in [4.69, 9.17) is 14.0 Å². The van der Waals surface area contributed by atoms with E-state index in [9.17, 15) is 4.79 Å². The molecule has 0 amide bonds. The molecule has 0 aromatic heterocycles. The minimum atomic E-state index is -0.401. The zero-order valence-corrected chi connectivity index (χ0v) is 15.5. The third-order valence-electron chi connectivity index (χ3n) is 4.88. The summed E-state index contributed by atoms with van der Waals surface area (Å²) < 4.78 is 17.6. The van der Waals surface area contributed by atoms with Gasteiger partial charge in [0.05, 0.1) is 17.5 Å². The molecule has 5 heteroatoms. The molecule has 1 saturated heterocycles. The molecule has 2 rings (SSSR count). The van der Waals surface area contributed by atoms with Gasteiger partial charge in [-0.3, -0.25) is 4.79 Å². The van der Waals surface area contributed by atoms with Crippen LogP contribution in [0.5, 0.6) is 0 Å². The van der Waals surface area contributed by atoms with Crippen molar-refractivity contribution < 1.29 is 18.8 Å². The van der Waals surface area contributed by atoms with Gasteiger partial charge in [-0.2, -0.15) is 0 Å². The summed E-state index contributed by atoms with van der Waals surface area (Å²) in [6.07, 6.45) is 1.88. The van der Waals surface area contributed by atoms with Crippen LogP contribution >= 0.6 is 0 Å². The maximum atomic E-state index is 11.6. The van der Waals surface area contributed by atoms with Crippen LogP contribution in [-0.2, 0) is 18.8 Å². The van der Waals surface area contributed by atoms with Crippen molar-refractivity contribution in [1.82, 2.24) is 0 Å². The molecule has 0 aliphatic carbocycles. The Hall–Kier alpha value is -1.59. The third-order valence-corrected chi connectivity index (χ3v) is 4.88. The Kier molecular flexibility index (Phi) is 5.56. The molecule has 1 aromatic rings. The van der Waals surface area contributed by atoms with E-state index in [1.54, 1.807) is 6.92 Å². The highest BCUT2D eigenvalue weighted by Gasteiger charge is 2.53. The standard InChI is InChI=1S/C19H27BO4/c1-7-17(21)22-13-16(15-11-9-8-10-12-15)14(2)20-23-18(3,4)19(5,6)24-20/h8-14H,7H2,1-6H3/b16-13+. The molecular weight excluding hydrogens is 303 g/mol. The monoisotopic (exact) mass is 330 g/mol. The fourth-order valence-electron chi connectivity index (χ4n) is 2.52. The van der Waals surface area contributed by atoms with Crippen molar-refractivity contribution in [3.8, 4) is 0 Å². The van der Waals surface area contributed by atoms with Gasteiger partial charge in [-0.05, 0) is 38.8 Å². The van der Waals surface area contributed by atoms with Crippen LogP contribution in [-0.4, -0.2) is 24.3 Å². The Morgan fingerprint density at radius 3 is 2.21 bits per heavy atom. The molecule has 1 aromatic carbocycles. The number of benzene rings is 1. The van der Waals surface area contributed by atoms with Crippen LogP contribution < -0.4 is 0 Å². The van der Waals surface area contributed by atoms with Crippen LogP contribution in [0.25, 0.3) is 5.57 Å². The third kappa shape index (κ3) is 3.90. The fourth-order valence-corrected chi connectivity index (χ4v) is 2.52. The van der Waals surface area contributed by atoms with E-state index >= 15 is 0 Å². The molecule has 0 radical (unpaired) electrons. The molecule has 0 N–H and O–H groups in total. The SMILES string of the molecule is CCC(=O)O/C=C(/c1ccccc1)C(C)B1OC(C)(C)C(C)(C)O1. The minimum Gasteiger partial charge on any atom is -0.434 e. The lowest BCUT2D eigenvalue weighted by molar-refractivity contribution is -0.137. The average Bonchev–Trinajstić information content (AvgIpc) is 2.76. The lowest BCUT2D eigenvalue weighted by Gasteiger charge is -2.32. The zero-order valence-electron chi connectivity index (χ0n) is 15.5. The Morgan fingerprint density at radius 1 is 1.17 bits per heavy atom. The van der Waals surface area contributed by atoms with Crippen LogP contribution in [0, 0.1) is 0 Å². The molecule has 1 heterocycles. The summed E-state index contributed by atoms with van der Waals surface area (Å²) in [7, 11) is -0.401. The first-order valence-electron chi connectivity index (χ1n) is 8.48. The Morgan fingerprint density at radius 2 is 1.71 bits per heavy atom. The summed E-state index contributed by atoms with van der Waals surface area (Å²) in [4.78, 5) is 11.6. The predicted octanol–water partition coefficient (Wildman–Crippen LogP) is 4.46. The summed E-state index contributed by atoms with van der Waals surface area (Å²) in [5.74, 6) is -0.345. The van der Waals surface area contributed by atoms with Gasteiger partial charge in [0.1, 0.15) is 0 Å². The number of rotatable bonds is 5. The van der Waals surface area contributed by atoms with Crippen LogP contribution in [0.15, 0.2) is 36.6 Å². The zero-order chi connectivity index (χ0) is 18.0. The number of carbonyl (C=O) groups excluding carboxylic acids is 1. The topological polar surface area (TPSA) is 44.8 Å². The van der Waals surface area contributed by atoms with E-state index in [-0.39, 0.29) is 11.8 Å². The van der Waals surface area contributed by atoms with Crippen molar-refractivity contribution in [3.63, 3.8) is 0 Å². The van der Waals surface area contributed by atoms with Gasteiger partial charge in [0.25, 0.3) is 0 Å². The van der Waals surface area contributed by atoms with Crippen molar-refractivity contribution in [2.75, 3.05) is 0 Å². The molecule has 130 valence electrons. The van der Waals surface area contributed by atoms with E-state index < -0.39 is 18.3 Å². The van der Waals surface area contributed by atoms with Gasteiger partial charge >= 0.3 is 13.1 Å². The van der Waals surface area contributed by atoms with E-state index in [1.165, 1.54) is 6.26 Å². The fraction of sp³-hybridized carbons (Fsp3) is 0.526. The molecule has 0 bridgehead atoms. The number of ether oxygens (including phenoxy) is 1. The second-order valence-corrected chi connectivity index (χ2v) is 7.20. The highest BCUT2D eigenvalue weighted by atomic mass is 16.7. The van der Waals surface area contributed by atoms with Gasteiger partial charge in [0.2, 0.25) is 0 Å². The summed E-state index contributed by atoms with van der Waals surface area (Å²) in [5, 5.41) is 0. The van der Waals surface area contributed by atoms with Crippen molar-refractivity contribution in [2.45, 2.75) is 65.0 Å². The number of allylic oxidation sites excluding steroid dienone is 1. The number of hydrogen-bond donors (Lipinski definition) is 0. The molecule has 24 heavy (non-hydrogen) atoms. The summed E-state index contributed by atoms with van der Waals surface area (Å²) in [6, 6.07) is 9.86. The summed E-state index contributed by atoms with van der Waals surface area (Å²) in [6.45, 7) is 11.9. The average molecular weight is 330 g/mol. The van der Waals surface area contributed by atoms with Crippen molar-refractivity contribution in [3.05, 3.63) is 42.2 Å². The van der Waals surface area contributed by atoms with Crippen molar-refractivity contribution >= 4 is 18.7 Å². The van der Waals surface area contributed by atoms with Crippen molar-refractivity contribution in [1.29, 1.82) is 0 Å². The number of hydrogen-bond acceptors (Lipinski definition) is 4. The van der Waals surface area contributed by atoms with Gasteiger partial charge < -0.3 is 14.0 Å². The summed E-state index contributed by atoms with van der Waals surface area (Å²) in [5.41, 5.74) is 1.08. The van der Waals surface area contributed by atoms with E-state index in [1.807, 2.05) is 65.0 Å². The largest absolute Gasteiger partial charge is 0.465 e. The second kappa shape index (κ2) is 7.12. The smallest absolute Gasteiger partial charge is 0.434 e. The maximum Gasteiger partial charge on any atom is 0.465 e. The molecule has 1 unspecified atom stereocenters. The number of esters is 1. The Labute approximate surface area is 145 Å². The van der Waals surface area contributed by atoms with Gasteiger partial charge in [-0.1, -0.05) is 44.2 Å².